The van der Waals surface area contributed by atoms with Crippen molar-refractivity contribution in [2.45, 2.75) is 128 Å². The third-order valence-corrected chi connectivity index (χ3v) is 14.4. The van der Waals surface area contributed by atoms with Gasteiger partial charge in [-0.1, -0.05) is 26.8 Å². The lowest BCUT2D eigenvalue weighted by Gasteiger charge is -2.44. The maximum Gasteiger partial charge on any atom is 0.416 e. The fourth-order valence-corrected chi connectivity index (χ4v) is 11.2. The Morgan fingerprint density at radius 3 is 1.79 bits per heavy atom. The Labute approximate surface area is 412 Å². The van der Waals surface area contributed by atoms with E-state index in [9.17, 15) is 68.2 Å². The largest absolute Gasteiger partial charge is 0.465 e. The topological polar surface area (TPSA) is 157 Å². The molecule has 8 rings (SSSR count). The van der Waals surface area contributed by atoms with Gasteiger partial charge in [0.05, 0.1) is 41.5 Å². The van der Waals surface area contributed by atoms with E-state index in [4.69, 9.17) is 9.84 Å². The van der Waals surface area contributed by atoms with Gasteiger partial charge in [-0.05, 0) is 99.1 Å². The number of hydrogen-bond donors (Lipinski definition) is 2. The first-order chi connectivity index (χ1) is 33.9. The highest BCUT2D eigenvalue weighted by Gasteiger charge is 2.48. The number of likely N-dealkylation sites (tertiary alicyclic amines) is 2. The summed E-state index contributed by atoms with van der Waals surface area (Å²) >= 11 is 0. The molecular weight excluding hydrogens is 987 g/mol. The van der Waals surface area contributed by atoms with Gasteiger partial charge in [0.15, 0.2) is 11.4 Å². The van der Waals surface area contributed by atoms with E-state index in [0.717, 1.165) is 23.1 Å². The zero-order valence-corrected chi connectivity index (χ0v) is 40.5. The lowest BCUT2D eigenvalue weighted by atomic mass is 9.77. The predicted molar refractivity (Wildman–Crippen MR) is 240 cm³/mol. The molecule has 1 atom stereocenters. The fraction of sp³-hybridized carbons (Fsp3) is 0.551. The Morgan fingerprint density at radius 2 is 1.25 bits per heavy atom. The van der Waals surface area contributed by atoms with E-state index in [-0.39, 0.29) is 114 Å². The Bertz CT molecular complexity index is 2750. The Kier molecular flexibility index (Phi) is 13.9. The molecule has 396 valence electrons. The summed E-state index contributed by atoms with van der Waals surface area (Å²) in [4.78, 5) is 60.4. The van der Waals surface area contributed by atoms with Crippen LogP contribution in [0.25, 0.3) is 0 Å². The smallest absolute Gasteiger partial charge is 0.416 e. The number of rotatable bonds is 7. The molecule has 1 unspecified atom stereocenters. The van der Waals surface area contributed by atoms with Gasteiger partial charge in [0.2, 0.25) is 0 Å². The first kappa shape index (κ1) is 52.9. The number of fused-ring (bicyclic) bond motifs is 2. The molecule has 4 aliphatic heterocycles. The minimum absolute atomic E-state index is 0.00560. The molecule has 2 saturated heterocycles. The number of nitrogens with zero attached hydrogens (tertiary/aromatic N) is 7. The van der Waals surface area contributed by atoms with Gasteiger partial charge in [-0.3, -0.25) is 19.4 Å². The number of carbonyl (C=O) groups excluding carboxylic acids is 3. The fourth-order valence-electron chi connectivity index (χ4n) is 11.2. The normalized spacial score (nSPS) is 18.1. The third-order valence-electron chi connectivity index (χ3n) is 14.4. The monoisotopic (exact) mass is 1040 g/mol. The van der Waals surface area contributed by atoms with Crippen LogP contribution in [0.1, 0.15) is 149 Å². The maximum atomic E-state index is 15.0. The second-order valence-corrected chi connectivity index (χ2v) is 20.8. The minimum atomic E-state index is -5.01. The first-order valence-corrected chi connectivity index (χ1v) is 23.8. The number of hydrogen-bond acceptors (Lipinski definition) is 7. The number of nitrogens with one attached hydrogen (secondary N) is 1. The van der Waals surface area contributed by atoms with Crippen molar-refractivity contribution in [2.24, 2.45) is 5.41 Å². The number of benzene rings is 2. The number of carbonyl (C=O) groups is 4. The van der Waals surface area contributed by atoms with Crippen molar-refractivity contribution in [3.8, 4) is 0 Å². The quantitative estimate of drug-likeness (QED) is 0.173. The van der Waals surface area contributed by atoms with Crippen LogP contribution in [0.15, 0.2) is 36.4 Å². The van der Waals surface area contributed by atoms with Crippen molar-refractivity contribution >= 4 is 24.0 Å². The number of aromatic amines is 1. The van der Waals surface area contributed by atoms with Crippen LogP contribution in [0.4, 0.5) is 53.5 Å². The SMILES string of the molecule is CC(C)(C)C(n1nc(C(=O)N2CCC(c3c(F)cccc3C(F)(F)F)CC2)c2c1CN(C(=O)O)CC2)C(C)(C)OC(=O)N1CCc2[nH]nc(C(=O)N3CCC(c4cc(C(F)(F)F)cc(C(F)(F)F)c4)CC3)c2C1. The zero-order chi connectivity index (χ0) is 53.3. The standard InChI is InChI=1S/C49H54F10N8O6/c1-45(2,3)42(67-36-25-65(43(70)71)19-13-31(36)39(62-67)41(69)64-17-11-27(12-18-64)37-33(49(57,58)59)7-6-8-34(37)50)46(4,5)73-44(72)66-20-14-35-32(24-66)38(61-60-35)40(68)63-15-9-26(10-16-63)28-21-29(47(51,52)53)23-30(22-28)48(54,55)56/h6-8,21-23,26-27,42H,9-20,24-25H2,1-5H3,(H,60,61)(H,70,71). The Balaban J connectivity index is 0.986. The van der Waals surface area contributed by atoms with Gasteiger partial charge in [-0.25, -0.2) is 14.0 Å². The predicted octanol–water partition coefficient (Wildman–Crippen LogP) is 10.4. The van der Waals surface area contributed by atoms with E-state index in [2.05, 4.69) is 10.2 Å². The van der Waals surface area contributed by atoms with Gasteiger partial charge in [0, 0.05) is 68.1 Å². The van der Waals surface area contributed by atoms with Gasteiger partial charge < -0.3 is 29.4 Å². The first-order valence-electron chi connectivity index (χ1n) is 23.8. The summed E-state index contributed by atoms with van der Waals surface area (Å²) in [5.74, 6) is -3.59. The van der Waals surface area contributed by atoms with Gasteiger partial charge in [0.1, 0.15) is 11.4 Å². The number of piperidine rings is 2. The van der Waals surface area contributed by atoms with Gasteiger partial charge in [-0.2, -0.15) is 49.7 Å². The molecule has 0 saturated carbocycles. The Hall–Kier alpha value is -6.36. The summed E-state index contributed by atoms with van der Waals surface area (Å²) in [6.45, 7) is 8.69. The summed E-state index contributed by atoms with van der Waals surface area (Å²) < 4.78 is 146. The van der Waals surface area contributed by atoms with E-state index in [1.54, 1.807) is 13.8 Å². The molecule has 4 amide bonds. The molecule has 6 heterocycles. The lowest BCUT2D eigenvalue weighted by molar-refractivity contribution is -0.143. The number of amides is 4. The lowest BCUT2D eigenvalue weighted by Crippen LogP contribution is -2.49. The summed E-state index contributed by atoms with van der Waals surface area (Å²) in [7, 11) is 0. The van der Waals surface area contributed by atoms with Crippen LogP contribution in [0.3, 0.4) is 0 Å². The van der Waals surface area contributed by atoms with Crippen molar-refractivity contribution in [2.75, 3.05) is 39.3 Å². The molecular formula is C49H54F10N8O6. The van der Waals surface area contributed by atoms with Crippen LogP contribution in [-0.4, -0.2) is 114 Å². The molecule has 73 heavy (non-hydrogen) atoms. The second kappa shape index (κ2) is 19.2. The van der Waals surface area contributed by atoms with E-state index < -0.39 is 99.5 Å². The molecule has 0 aliphatic carbocycles. The second-order valence-electron chi connectivity index (χ2n) is 20.8. The molecule has 2 aromatic carbocycles. The summed E-state index contributed by atoms with van der Waals surface area (Å²) in [6.07, 6.45) is -16.3. The van der Waals surface area contributed by atoms with Gasteiger partial charge in [-0.15, -0.1) is 0 Å². The summed E-state index contributed by atoms with van der Waals surface area (Å²) in [5, 5.41) is 22.0. The van der Waals surface area contributed by atoms with Crippen LogP contribution in [0.5, 0.6) is 0 Å². The number of ether oxygens (including phenoxy) is 1. The maximum absolute atomic E-state index is 15.0. The molecule has 24 heteroatoms. The Morgan fingerprint density at radius 1 is 0.685 bits per heavy atom. The van der Waals surface area contributed by atoms with Crippen molar-refractivity contribution < 1.29 is 72.9 Å². The van der Waals surface area contributed by atoms with Gasteiger partial charge >= 0.3 is 30.7 Å². The number of aromatic nitrogens is 4. The molecule has 2 fully saturated rings. The van der Waals surface area contributed by atoms with Crippen LogP contribution < -0.4 is 0 Å². The highest BCUT2D eigenvalue weighted by atomic mass is 19.4. The number of H-pyrrole nitrogens is 1. The van der Waals surface area contributed by atoms with Crippen LogP contribution in [0.2, 0.25) is 0 Å². The highest BCUT2D eigenvalue weighted by molar-refractivity contribution is 5.95. The van der Waals surface area contributed by atoms with Crippen molar-refractivity contribution in [3.05, 3.63) is 104 Å². The minimum Gasteiger partial charge on any atom is -0.465 e. The van der Waals surface area contributed by atoms with Crippen LogP contribution in [-0.2, 0) is 49.2 Å². The van der Waals surface area contributed by atoms with E-state index in [1.165, 1.54) is 19.4 Å². The van der Waals surface area contributed by atoms with Crippen molar-refractivity contribution in [1.82, 2.24) is 39.6 Å². The van der Waals surface area contributed by atoms with Crippen molar-refractivity contribution in [3.63, 3.8) is 0 Å². The summed E-state index contributed by atoms with van der Waals surface area (Å²) in [5.41, 5.74) is -4.93. The summed E-state index contributed by atoms with van der Waals surface area (Å²) in [6, 6.07) is 3.44. The average molecular weight is 1040 g/mol. The molecule has 4 aromatic rings. The molecule has 0 radical (unpaired) electrons. The van der Waals surface area contributed by atoms with Crippen LogP contribution >= 0.6 is 0 Å². The van der Waals surface area contributed by atoms with Gasteiger partial charge in [0.25, 0.3) is 11.8 Å². The number of carboxylic acid groups (broad SMARTS) is 1. The zero-order valence-electron chi connectivity index (χ0n) is 40.5. The van der Waals surface area contributed by atoms with E-state index in [0.29, 0.717) is 34.6 Å². The molecule has 0 bridgehead atoms. The molecule has 2 aromatic heterocycles. The van der Waals surface area contributed by atoms with Crippen LogP contribution in [0, 0.1) is 11.2 Å². The molecule has 4 aliphatic rings. The molecule has 0 spiro atoms. The van der Waals surface area contributed by atoms with E-state index in [1.807, 2.05) is 20.8 Å². The number of halogens is 10. The molecule has 14 nitrogen and oxygen atoms in total. The highest BCUT2D eigenvalue weighted by Crippen LogP contribution is 2.45. The third kappa shape index (κ3) is 10.7. The van der Waals surface area contributed by atoms with E-state index >= 15 is 0 Å². The average Bonchev–Trinajstić information content (AvgIpc) is 3.90. The number of alkyl halides is 9. The van der Waals surface area contributed by atoms with Crippen molar-refractivity contribution in [1.29, 1.82) is 0 Å². The molecule has 2 N–H and O–H groups in total.